The fourth-order valence-electron chi connectivity index (χ4n) is 2.43. The molecular weight excluding hydrogens is 230 g/mol. The van der Waals surface area contributed by atoms with E-state index >= 15 is 0 Å². The quantitative estimate of drug-likeness (QED) is 0.811. The molecule has 104 valence electrons. The number of carboxylic acid groups (broad SMARTS) is 1. The zero-order valence-corrected chi connectivity index (χ0v) is 11.7. The molecule has 0 unspecified atom stereocenters. The van der Waals surface area contributed by atoms with Gasteiger partial charge in [0.25, 0.3) is 0 Å². The van der Waals surface area contributed by atoms with Crippen LogP contribution in [0, 0.1) is 10.8 Å². The summed E-state index contributed by atoms with van der Waals surface area (Å²) in [5.74, 6) is -0.942. The highest BCUT2D eigenvalue weighted by Crippen LogP contribution is 2.39. The fraction of sp³-hybridized carbons (Fsp3) is 0.857. The predicted octanol–water partition coefficient (Wildman–Crippen LogP) is 2.57. The molecule has 0 atom stereocenters. The normalized spacial score (nSPS) is 19.3. The van der Waals surface area contributed by atoms with E-state index in [4.69, 9.17) is 0 Å². The minimum Gasteiger partial charge on any atom is -0.481 e. The van der Waals surface area contributed by atoms with E-state index < -0.39 is 11.4 Å². The van der Waals surface area contributed by atoms with Gasteiger partial charge in [-0.3, -0.25) is 9.59 Å². The second-order valence-corrected chi connectivity index (χ2v) is 6.66. The van der Waals surface area contributed by atoms with Gasteiger partial charge in [-0.15, -0.1) is 0 Å². The summed E-state index contributed by atoms with van der Waals surface area (Å²) in [7, 11) is 0. The highest BCUT2D eigenvalue weighted by molar-refractivity contribution is 5.85. The largest absolute Gasteiger partial charge is 0.481 e. The molecule has 0 heterocycles. The third-order valence-electron chi connectivity index (χ3n) is 3.58. The van der Waals surface area contributed by atoms with Gasteiger partial charge in [0.2, 0.25) is 5.91 Å². The number of carboxylic acids is 1. The van der Waals surface area contributed by atoms with Crippen molar-refractivity contribution >= 4 is 11.9 Å². The number of carbonyl (C=O) groups is 2. The molecule has 0 aromatic carbocycles. The van der Waals surface area contributed by atoms with Gasteiger partial charge in [-0.05, 0) is 18.3 Å². The van der Waals surface area contributed by atoms with Gasteiger partial charge in [0, 0.05) is 13.0 Å². The lowest BCUT2D eigenvalue weighted by Crippen LogP contribution is -2.41. The lowest BCUT2D eigenvalue weighted by Gasteiger charge is -2.32. The van der Waals surface area contributed by atoms with Gasteiger partial charge in [0.05, 0.1) is 5.41 Å². The number of amides is 1. The van der Waals surface area contributed by atoms with Crippen LogP contribution in [-0.4, -0.2) is 23.5 Å². The highest BCUT2D eigenvalue weighted by atomic mass is 16.4. The number of aliphatic carboxylic acids is 1. The standard InChI is InChI=1S/C14H25NO3/c1-13(2,3)10-15-11(16)9-14(12(17)18)7-5-4-6-8-14/h4-10H2,1-3H3,(H,15,16)(H,17,18). The van der Waals surface area contributed by atoms with Crippen molar-refractivity contribution in [2.45, 2.75) is 59.3 Å². The smallest absolute Gasteiger partial charge is 0.310 e. The van der Waals surface area contributed by atoms with E-state index in [1.165, 1.54) is 0 Å². The Bertz CT molecular complexity index is 311. The van der Waals surface area contributed by atoms with Crippen LogP contribution in [0.25, 0.3) is 0 Å². The molecule has 1 amide bonds. The minimum absolute atomic E-state index is 0.0264. The highest BCUT2D eigenvalue weighted by Gasteiger charge is 2.41. The first kappa shape index (κ1) is 15.0. The molecule has 1 aliphatic carbocycles. The number of carbonyl (C=O) groups excluding carboxylic acids is 1. The first-order valence-corrected chi connectivity index (χ1v) is 6.75. The third-order valence-corrected chi connectivity index (χ3v) is 3.58. The van der Waals surface area contributed by atoms with Gasteiger partial charge in [-0.2, -0.15) is 0 Å². The summed E-state index contributed by atoms with van der Waals surface area (Å²) < 4.78 is 0. The van der Waals surface area contributed by atoms with Crippen molar-refractivity contribution in [2.75, 3.05) is 6.54 Å². The summed E-state index contributed by atoms with van der Waals surface area (Å²) in [6.07, 6.45) is 4.30. The first-order chi connectivity index (χ1) is 8.25. The average molecular weight is 255 g/mol. The maximum Gasteiger partial charge on any atom is 0.310 e. The molecule has 0 aromatic rings. The monoisotopic (exact) mass is 255 g/mol. The summed E-state index contributed by atoms with van der Waals surface area (Å²) in [5.41, 5.74) is -0.793. The molecule has 0 aromatic heterocycles. The van der Waals surface area contributed by atoms with Gasteiger partial charge in [0.15, 0.2) is 0 Å². The van der Waals surface area contributed by atoms with Gasteiger partial charge >= 0.3 is 5.97 Å². The van der Waals surface area contributed by atoms with Gasteiger partial charge in [-0.25, -0.2) is 0 Å². The fourth-order valence-corrected chi connectivity index (χ4v) is 2.43. The molecule has 0 spiro atoms. The molecule has 0 bridgehead atoms. The SMILES string of the molecule is CC(C)(C)CNC(=O)CC1(C(=O)O)CCCCC1. The van der Waals surface area contributed by atoms with Crippen molar-refractivity contribution in [3.8, 4) is 0 Å². The lowest BCUT2D eigenvalue weighted by molar-refractivity contribution is -0.154. The minimum atomic E-state index is -0.819. The first-order valence-electron chi connectivity index (χ1n) is 6.75. The van der Waals surface area contributed by atoms with Gasteiger partial charge in [0.1, 0.15) is 0 Å². The molecule has 2 N–H and O–H groups in total. The van der Waals surface area contributed by atoms with Gasteiger partial charge in [-0.1, -0.05) is 40.0 Å². The van der Waals surface area contributed by atoms with Gasteiger partial charge < -0.3 is 10.4 Å². The third kappa shape index (κ3) is 4.31. The Balaban J connectivity index is 2.56. The molecule has 4 heteroatoms. The van der Waals surface area contributed by atoms with Crippen molar-refractivity contribution < 1.29 is 14.7 Å². The van der Waals surface area contributed by atoms with Crippen molar-refractivity contribution in [1.29, 1.82) is 0 Å². The Morgan fingerprint density at radius 2 is 1.72 bits per heavy atom. The molecule has 1 rings (SSSR count). The maximum atomic E-state index is 11.9. The van der Waals surface area contributed by atoms with Crippen LogP contribution >= 0.6 is 0 Å². The average Bonchev–Trinajstić information content (AvgIpc) is 2.26. The summed E-state index contributed by atoms with van der Waals surface area (Å²) in [6.45, 7) is 6.71. The molecule has 1 saturated carbocycles. The van der Waals surface area contributed by atoms with Crippen LogP contribution in [0.3, 0.4) is 0 Å². The van der Waals surface area contributed by atoms with Crippen LogP contribution in [0.5, 0.6) is 0 Å². The Hall–Kier alpha value is -1.06. The van der Waals surface area contributed by atoms with E-state index in [1.54, 1.807) is 0 Å². The molecule has 0 radical (unpaired) electrons. The maximum absolute atomic E-state index is 11.9. The number of hydrogen-bond donors (Lipinski definition) is 2. The molecule has 1 aliphatic rings. The van der Waals surface area contributed by atoms with Crippen molar-refractivity contribution in [3.05, 3.63) is 0 Å². The molecule has 18 heavy (non-hydrogen) atoms. The number of nitrogens with one attached hydrogen (secondary N) is 1. The predicted molar refractivity (Wildman–Crippen MR) is 70.2 cm³/mol. The Morgan fingerprint density at radius 3 is 2.17 bits per heavy atom. The zero-order chi connectivity index (χ0) is 13.8. The van der Waals surface area contributed by atoms with Crippen LogP contribution < -0.4 is 5.32 Å². The van der Waals surface area contributed by atoms with E-state index in [0.717, 1.165) is 19.3 Å². The Kier molecular flexibility index (Phi) is 4.77. The number of hydrogen-bond acceptors (Lipinski definition) is 2. The van der Waals surface area contributed by atoms with E-state index in [1.807, 2.05) is 20.8 Å². The zero-order valence-electron chi connectivity index (χ0n) is 11.7. The number of rotatable bonds is 4. The molecule has 0 aliphatic heterocycles. The molecular formula is C14H25NO3. The van der Waals surface area contributed by atoms with Crippen LogP contribution in [0.4, 0.5) is 0 Å². The van der Waals surface area contributed by atoms with E-state index in [-0.39, 0.29) is 17.7 Å². The van der Waals surface area contributed by atoms with Crippen LogP contribution in [0.15, 0.2) is 0 Å². The lowest BCUT2D eigenvalue weighted by atomic mass is 9.71. The molecule has 4 nitrogen and oxygen atoms in total. The van der Waals surface area contributed by atoms with E-state index in [9.17, 15) is 14.7 Å². The summed E-state index contributed by atoms with van der Waals surface area (Å²) in [4.78, 5) is 23.3. The van der Waals surface area contributed by atoms with Crippen LogP contribution in [-0.2, 0) is 9.59 Å². The summed E-state index contributed by atoms with van der Waals surface area (Å²) in [5, 5.41) is 12.2. The van der Waals surface area contributed by atoms with E-state index in [0.29, 0.717) is 19.4 Å². The van der Waals surface area contributed by atoms with E-state index in [2.05, 4.69) is 5.32 Å². The summed E-state index contributed by atoms with van der Waals surface area (Å²) >= 11 is 0. The van der Waals surface area contributed by atoms with Crippen LogP contribution in [0.2, 0.25) is 0 Å². The molecule has 0 saturated heterocycles. The van der Waals surface area contributed by atoms with Crippen molar-refractivity contribution in [1.82, 2.24) is 5.32 Å². The topological polar surface area (TPSA) is 66.4 Å². The van der Waals surface area contributed by atoms with Crippen molar-refractivity contribution in [2.24, 2.45) is 10.8 Å². The Morgan fingerprint density at radius 1 is 1.17 bits per heavy atom. The second-order valence-electron chi connectivity index (χ2n) is 6.66. The Labute approximate surface area is 109 Å². The molecule has 1 fully saturated rings. The van der Waals surface area contributed by atoms with Crippen molar-refractivity contribution in [3.63, 3.8) is 0 Å². The summed E-state index contributed by atoms with van der Waals surface area (Å²) in [6, 6.07) is 0. The second kappa shape index (κ2) is 5.72. The van der Waals surface area contributed by atoms with Crippen LogP contribution in [0.1, 0.15) is 59.3 Å².